The van der Waals surface area contributed by atoms with Crippen molar-refractivity contribution in [1.82, 2.24) is 4.90 Å². The van der Waals surface area contributed by atoms with E-state index in [1.54, 1.807) is 36.3 Å². The Hall–Kier alpha value is -5.04. The van der Waals surface area contributed by atoms with Gasteiger partial charge in [-0.05, 0) is 65.9 Å². The van der Waals surface area contributed by atoms with Crippen LogP contribution in [0.3, 0.4) is 0 Å². The molecule has 0 aromatic heterocycles. The van der Waals surface area contributed by atoms with Crippen LogP contribution in [0.1, 0.15) is 40.8 Å². The lowest BCUT2D eigenvalue weighted by Gasteiger charge is -2.26. The number of carbonyl (C=O) groups is 2. The molecular formula is C36H33NO6. The predicted octanol–water partition coefficient (Wildman–Crippen LogP) is 6.26. The van der Waals surface area contributed by atoms with Gasteiger partial charge >= 0.3 is 0 Å². The zero-order valence-electron chi connectivity index (χ0n) is 24.2. The number of ether oxygens (including phenoxy) is 3. The fraction of sp³-hybridized carbons (Fsp3) is 0.222. The summed E-state index contributed by atoms with van der Waals surface area (Å²) in [4.78, 5) is 28.7. The number of methoxy groups -OCH3 is 1. The smallest absolute Gasteiger partial charge is 0.295 e. The highest BCUT2D eigenvalue weighted by Gasteiger charge is 2.46. The van der Waals surface area contributed by atoms with Crippen molar-refractivity contribution in [1.29, 1.82) is 0 Å². The van der Waals surface area contributed by atoms with E-state index in [2.05, 4.69) is 0 Å². The second-order valence-corrected chi connectivity index (χ2v) is 10.9. The van der Waals surface area contributed by atoms with Crippen molar-refractivity contribution in [3.63, 3.8) is 0 Å². The van der Waals surface area contributed by atoms with Crippen LogP contribution in [0.15, 0.2) is 103 Å². The molecule has 7 heteroatoms. The molecule has 0 unspecified atom stereocenters. The van der Waals surface area contributed by atoms with Gasteiger partial charge in [0.05, 0.1) is 18.7 Å². The van der Waals surface area contributed by atoms with Crippen molar-refractivity contribution in [2.45, 2.75) is 38.5 Å². The van der Waals surface area contributed by atoms with E-state index in [4.69, 9.17) is 14.2 Å². The number of rotatable bonds is 9. The summed E-state index contributed by atoms with van der Waals surface area (Å²) in [5, 5.41) is 11.6. The summed E-state index contributed by atoms with van der Waals surface area (Å²) in [6, 6.07) is 29.5. The number of benzene rings is 4. The average Bonchev–Trinajstić information content (AvgIpc) is 3.54. The fourth-order valence-corrected chi connectivity index (χ4v) is 5.79. The molecule has 7 nitrogen and oxygen atoms in total. The van der Waals surface area contributed by atoms with Gasteiger partial charge in [-0.15, -0.1) is 0 Å². The summed E-state index contributed by atoms with van der Waals surface area (Å²) in [5.41, 5.74) is 4.15. The third-order valence-corrected chi connectivity index (χ3v) is 7.93. The highest BCUT2D eigenvalue weighted by molar-refractivity contribution is 6.46. The first-order chi connectivity index (χ1) is 20.9. The van der Waals surface area contributed by atoms with Crippen molar-refractivity contribution in [2.24, 2.45) is 0 Å². The molecule has 0 bridgehead atoms. The molecule has 43 heavy (non-hydrogen) atoms. The summed E-state index contributed by atoms with van der Waals surface area (Å²) in [6.45, 7) is 2.63. The Labute approximate surface area is 250 Å². The maximum atomic E-state index is 13.6. The zero-order chi connectivity index (χ0) is 29.9. The van der Waals surface area contributed by atoms with Crippen LogP contribution in [0.4, 0.5) is 0 Å². The van der Waals surface area contributed by atoms with Crippen molar-refractivity contribution >= 4 is 17.4 Å². The largest absolute Gasteiger partial charge is 0.507 e. The van der Waals surface area contributed by atoms with Gasteiger partial charge in [-0.25, -0.2) is 0 Å². The maximum absolute atomic E-state index is 13.6. The monoisotopic (exact) mass is 575 g/mol. The van der Waals surface area contributed by atoms with Gasteiger partial charge in [-0.3, -0.25) is 9.59 Å². The van der Waals surface area contributed by atoms with E-state index in [1.807, 2.05) is 79.7 Å². The molecule has 2 aliphatic heterocycles. The Bertz CT molecular complexity index is 1680. The second kappa shape index (κ2) is 12.1. The van der Waals surface area contributed by atoms with Gasteiger partial charge in [0.1, 0.15) is 24.2 Å². The van der Waals surface area contributed by atoms with Crippen molar-refractivity contribution in [3.05, 3.63) is 130 Å². The van der Waals surface area contributed by atoms with Crippen LogP contribution in [0.25, 0.3) is 5.76 Å². The maximum Gasteiger partial charge on any atom is 0.295 e. The lowest BCUT2D eigenvalue weighted by molar-refractivity contribution is -0.139. The number of carbonyl (C=O) groups excluding carboxylic acids is 2. The van der Waals surface area contributed by atoms with Crippen LogP contribution in [0.5, 0.6) is 17.2 Å². The molecular weight excluding hydrogens is 542 g/mol. The molecule has 1 N–H and O–H groups in total. The summed E-state index contributed by atoms with van der Waals surface area (Å²) >= 11 is 0. The minimum Gasteiger partial charge on any atom is -0.507 e. The normalized spacial score (nSPS) is 18.8. The number of aliphatic hydroxyl groups excluding tert-OH is 1. The molecule has 0 spiro atoms. The molecule has 2 heterocycles. The Morgan fingerprint density at radius 3 is 2.35 bits per heavy atom. The SMILES string of the molecule is COc1cc([C@H]2/C(=C(\O)c3ccc4c(c3)C[C@H](C)O4)C(=O)C(=O)N2CCc2ccccc2)ccc1OCc1ccccc1. The van der Waals surface area contributed by atoms with E-state index in [9.17, 15) is 14.7 Å². The summed E-state index contributed by atoms with van der Waals surface area (Å²) in [7, 11) is 1.55. The minimum absolute atomic E-state index is 0.0334. The minimum atomic E-state index is -0.816. The topological polar surface area (TPSA) is 85.3 Å². The fourth-order valence-electron chi connectivity index (χ4n) is 5.79. The molecule has 0 saturated carbocycles. The lowest BCUT2D eigenvalue weighted by atomic mass is 9.94. The van der Waals surface area contributed by atoms with Crippen LogP contribution < -0.4 is 14.2 Å². The molecule has 4 aromatic carbocycles. The first kappa shape index (κ1) is 28.1. The van der Waals surface area contributed by atoms with E-state index >= 15 is 0 Å². The molecule has 0 aliphatic carbocycles. The zero-order valence-corrected chi connectivity index (χ0v) is 24.2. The highest BCUT2D eigenvalue weighted by atomic mass is 16.5. The predicted molar refractivity (Wildman–Crippen MR) is 163 cm³/mol. The molecule has 1 fully saturated rings. The third-order valence-electron chi connectivity index (χ3n) is 7.93. The number of aliphatic hydroxyl groups is 1. The Kier molecular flexibility index (Phi) is 7.88. The van der Waals surface area contributed by atoms with Gasteiger partial charge in [-0.1, -0.05) is 66.7 Å². The third kappa shape index (κ3) is 5.71. The van der Waals surface area contributed by atoms with Crippen molar-refractivity contribution in [3.8, 4) is 17.2 Å². The molecule has 4 aromatic rings. The van der Waals surface area contributed by atoms with Crippen LogP contribution in [-0.4, -0.2) is 41.5 Å². The van der Waals surface area contributed by atoms with E-state index < -0.39 is 17.7 Å². The van der Waals surface area contributed by atoms with E-state index in [1.165, 1.54) is 0 Å². The van der Waals surface area contributed by atoms with Gasteiger partial charge in [-0.2, -0.15) is 0 Å². The van der Waals surface area contributed by atoms with E-state index in [0.717, 1.165) is 22.4 Å². The number of fused-ring (bicyclic) bond motifs is 1. The Balaban J connectivity index is 1.39. The molecule has 1 amide bonds. The number of nitrogens with zero attached hydrogens (tertiary/aromatic N) is 1. The van der Waals surface area contributed by atoms with Crippen LogP contribution in [-0.2, 0) is 29.0 Å². The van der Waals surface area contributed by atoms with Crippen LogP contribution >= 0.6 is 0 Å². The van der Waals surface area contributed by atoms with Gasteiger partial charge in [0.2, 0.25) is 0 Å². The molecule has 218 valence electrons. The molecule has 6 rings (SSSR count). The Morgan fingerprint density at radius 1 is 0.907 bits per heavy atom. The van der Waals surface area contributed by atoms with Crippen molar-refractivity contribution < 1.29 is 28.9 Å². The first-order valence-corrected chi connectivity index (χ1v) is 14.4. The quantitative estimate of drug-likeness (QED) is 0.144. The average molecular weight is 576 g/mol. The van der Waals surface area contributed by atoms with Gasteiger partial charge < -0.3 is 24.2 Å². The highest BCUT2D eigenvalue weighted by Crippen LogP contribution is 2.43. The van der Waals surface area contributed by atoms with E-state index in [-0.39, 0.29) is 17.4 Å². The standard InChI is InChI=1S/C36H33NO6/c1-23-19-28-20-27(14-15-29(28)43-23)34(38)32-33(37(36(40)35(32)39)18-17-24-9-5-3-6-10-24)26-13-16-30(31(21-26)41-2)42-22-25-11-7-4-8-12-25/h3-16,20-21,23,33,38H,17-19,22H2,1-2H3/b34-32+/t23-,33-/m0/s1. The number of Topliss-reactive ketones (excluding diaryl/α,β-unsaturated/α-hetero) is 1. The van der Waals surface area contributed by atoms with Gasteiger partial charge in [0, 0.05) is 18.5 Å². The van der Waals surface area contributed by atoms with Gasteiger partial charge in [0.25, 0.3) is 11.7 Å². The summed E-state index contributed by atoms with van der Waals surface area (Å²) in [6.07, 6.45) is 1.28. The lowest BCUT2D eigenvalue weighted by Crippen LogP contribution is -2.31. The number of hydrogen-bond donors (Lipinski definition) is 1. The van der Waals surface area contributed by atoms with Crippen LogP contribution in [0.2, 0.25) is 0 Å². The number of ketones is 1. The van der Waals surface area contributed by atoms with Crippen LogP contribution in [0, 0.1) is 0 Å². The summed E-state index contributed by atoms with van der Waals surface area (Å²) < 4.78 is 17.6. The number of likely N-dealkylation sites (tertiary alicyclic amines) is 1. The molecule has 1 saturated heterocycles. The van der Waals surface area contributed by atoms with Gasteiger partial charge in [0.15, 0.2) is 11.5 Å². The Morgan fingerprint density at radius 2 is 1.63 bits per heavy atom. The van der Waals surface area contributed by atoms with Crippen molar-refractivity contribution in [2.75, 3.05) is 13.7 Å². The molecule has 0 radical (unpaired) electrons. The molecule has 2 atom stereocenters. The number of amides is 1. The molecule has 2 aliphatic rings. The summed E-state index contributed by atoms with van der Waals surface area (Å²) in [5.74, 6) is 0.180. The van der Waals surface area contributed by atoms with E-state index in [0.29, 0.717) is 48.6 Å². The second-order valence-electron chi connectivity index (χ2n) is 10.9. The first-order valence-electron chi connectivity index (χ1n) is 14.4. The number of hydrogen-bond acceptors (Lipinski definition) is 6.